The van der Waals surface area contributed by atoms with Crippen molar-refractivity contribution < 1.29 is 5.11 Å². The summed E-state index contributed by atoms with van der Waals surface area (Å²) in [5.41, 5.74) is 0.961. The van der Waals surface area contributed by atoms with E-state index < -0.39 is 0 Å². The molecular weight excluding hydrogens is 224 g/mol. The van der Waals surface area contributed by atoms with E-state index in [0.29, 0.717) is 5.92 Å². The molecule has 1 aromatic heterocycles. The van der Waals surface area contributed by atoms with E-state index in [9.17, 15) is 5.11 Å². The summed E-state index contributed by atoms with van der Waals surface area (Å²) < 4.78 is 0. The smallest absolute Gasteiger partial charge is 0.127 e. The lowest BCUT2D eigenvalue weighted by atomic mass is 9.94. The minimum absolute atomic E-state index is 0.342. The lowest BCUT2D eigenvalue weighted by Crippen LogP contribution is -2.13. The van der Waals surface area contributed by atoms with Gasteiger partial charge in [0.05, 0.1) is 6.10 Å². The SMILES string of the molecule is CCC1CCC(C(O)c2ccc(N(C)C)nc2)C1. The topological polar surface area (TPSA) is 36.4 Å². The van der Waals surface area contributed by atoms with Crippen molar-refractivity contribution in [1.29, 1.82) is 0 Å². The molecule has 3 nitrogen and oxygen atoms in total. The van der Waals surface area contributed by atoms with Crippen molar-refractivity contribution in [1.82, 2.24) is 4.98 Å². The van der Waals surface area contributed by atoms with Gasteiger partial charge in [0, 0.05) is 20.3 Å². The Bertz CT molecular complexity index is 375. The molecular formula is C15H24N2O. The van der Waals surface area contributed by atoms with Crippen LogP contribution >= 0.6 is 0 Å². The predicted molar refractivity (Wildman–Crippen MR) is 74.6 cm³/mol. The highest BCUT2D eigenvalue weighted by Gasteiger charge is 2.29. The van der Waals surface area contributed by atoms with Gasteiger partial charge in [-0.25, -0.2) is 4.98 Å². The van der Waals surface area contributed by atoms with Gasteiger partial charge in [0.1, 0.15) is 5.82 Å². The molecule has 3 atom stereocenters. The number of nitrogens with zero attached hydrogens (tertiary/aromatic N) is 2. The Labute approximate surface area is 110 Å². The molecule has 1 aliphatic rings. The van der Waals surface area contributed by atoms with Gasteiger partial charge in [-0.2, -0.15) is 0 Å². The van der Waals surface area contributed by atoms with E-state index in [1.54, 1.807) is 0 Å². The molecule has 18 heavy (non-hydrogen) atoms. The molecule has 0 spiro atoms. The number of pyridine rings is 1. The minimum atomic E-state index is -0.342. The summed E-state index contributed by atoms with van der Waals surface area (Å²) in [5, 5.41) is 10.4. The Balaban J connectivity index is 2.02. The second-order valence-corrected chi connectivity index (χ2v) is 5.64. The van der Waals surface area contributed by atoms with Gasteiger partial charge in [-0.1, -0.05) is 25.8 Å². The van der Waals surface area contributed by atoms with Gasteiger partial charge in [0.2, 0.25) is 0 Å². The van der Waals surface area contributed by atoms with E-state index in [0.717, 1.165) is 30.1 Å². The third kappa shape index (κ3) is 2.83. The first-order valence-corrected chi connectivity index (χ1v) is 6.93. The lowest BCUT2D eigenvalue weighted by molar-refractivity contribution is 0.109. The molecule has 100 valence electrons. The van der Waals surface area contributed by atoms with Crippen LogP contribution in [0.1, 0.15) is 44.3 Å². The molecule has 1 heterocycles. The summed E-state index contributed by atoms with van der Waals surface area (Å²) in [7, 11) is 3.95. The quantitative estimate of drug-likeness (QED) is 0.890. The molecule has 1 aromatic rings. The van der Waals surface area contributed by atoms with Gasteiger partial charge in [0.25, 0.3) is 0 Å². The Morgan fingerprint density at radius 3 is 2.67 bits per heavy atom. The summed E-state index contributed by atoms with van der Waals surface area (Å²) in [6.07, 6.45) is 6.29. The molecule has 1 aliphatic carbocycles. The number of hydrogen-bond acceptors (Lipinski definition) is 3. The summed E-state index contributed by atoms with van der Waals surface area (Å²) in [6.45, 7) is 2.24. The first kappa shape index (κ1) is 13.3. The van der Waals surface area contributed by atoms with Crippen molar-refractivity contribution in [3.05, 3.63) is 23.9 Å². The van der Waals surface area contributed by atoms with E-state index in [1.165, 1.54) is 12.8 Å². The zero-order valence-electron chi connectivity index (χ0n) is 11.6. The van der Waals surface area contributed by atoms with Crippen molar-refractivity contribution in [3.8, 4) is 0 Å². The summed E-state index contributed by atoms with van der Waals surface area (Å²) in [4.78, 5) is 6.35. The molecule has 0 aromatic carbocycles. The average molecular weight is 248 g/mol. The van der Waals surface area contributed by atoms with E-state index in [4.69, 9.17) is 0 Å². The van der Waals surface area contributed by atoms with Crippen LogP contribution in [0.5, 0.6) is 0 Å². The molecule has 0 aliphatic heterocycles. The van der Waals surface area contributed by atoms with E-state index in [1.807, 2.05) is 37.3 Å². The van der Waals surface area contributed by atoms with Crippen LogP contribution < -0.4 is 4.90 Å². The highest BCUT2D eigenvalue weighted by Crippen LogP contribution is 2.40. The second-order valence-electron chi connectivity index (χ2n) is 5.64. The van der Waals surface area contributed by atoms with Crippen molar-refractivity contribution in [2.24, 2.45) is 11.8 Å². The number of aromatic nitrogens is 1. The molecule has 0 radical (unpaired) electrons. The first-order chi connectivity index (χ1) is 8.61. The third-order valence-electron chi connectivity index (χ3n) is 4.18. The Kier molecular flexibility index (Phi) is 4.23. The van der Waals surface area contributed by atoms with Gasteiger partial charge in [-0.05, 0) is 36.3 Å². The summed E-state index contributed by atoms with van der Waals surface area (Å²) in [6, 6.07) is 3.98. The van der Waals surface area contributed by atoms with Crippen molar-refractivity contribution in [3.63, 3.8) is 0 Å². The van der Waals surface area contributed by atoms with Crippen LogP contribution in [-0.4, -0.2) is 24.2 Å². The fourth-order valence-electron chi connectivity index (χ4n) is 2.88. The van der Waals surface area contributed by atoms with Gasteiger partial charge in [-0.3, -0.25) is 0 Å². The summed E-state index contributed by atoms with van der Waals surface area (Å²) in [5.74, 6) is 2.16. The molecule has 1 saturated carbocycles. The Morgan fingerprint density at radius 1 is 1.39 bits per heavy atom. The molecule has 3 heteroatoms. The van der Waals surface area contributed by atoms with Crippen LogP contribution in [0.25, 0.3) is 0 Å². The fraction of sp³-hybridized carbons (Fsp3) is 0.667. The number of rotatable bonds is 4. The highest BCUT2D eigenvalue weighted by atomic mass is 16.3. The molecule has 3 unspecified atom stereocenters. The normalized spacial score (nSPS) is 25.1. The van der Waals surface area contributed by atoms with Gasteiger partial charge in [0.15, 0.2) is 0 Å². The molecule has 0 bridgehead atoms. The lowest BCUT2D eigenvalue weighted by Gasteiger charge is -2.19. The maximum Gasteiger partial charge on any atom is 0.127 e. The van der Waals surface area contributed by atoms with Crippen LogP contribution in [0.4, 0.5) is 5.82 Å². The fourth-order valence-corrected chi connectivity index (χ4v) is 2.88. The number of hydrogen-bond donors (Lipinski definition) is 1. The zero-order valence-corrected chi connectivity index (χ0v) is 11.6. The maximum absolute atomic E-state index is 10.4. The van der Waals surface area contributed by atoms with Crippen LogP contribution in [0.3, 0.4) is 0 Å². The molecule has 1 fully saturated rings. The number of anilines is 1. The van der Waals surface area contributed by atoms with Crippen molar-refractivity contribution in [2.45, 2.75) is 38.7 Å². The Hall–Kier alpha value is -1.09. The number of aliphatic hydroxyl groups excluding tert-OH is 1. The van der Waals surface area contributed by atoms with Crippen LogP contribution in [0.2, 0.25) is 0 Å². The molecule has 0 saturated heterocycles. The molecule has 0 amide bonds. The summed E-state index contributed by atoms with van der Waals surface area (Å²) >= 11 is 0. The van der Waals surface area contributed by atoms with Crippen LogP contribution in [0.15, 0.2) is 18.3 Å². The zero-order chi connectivity index (χ0) is 13.1. The first-order valence-electron chi connectivity index (χ1n) is 6.93. The van der Waals surface area contributed by atoms with Crippen LogP contribution in [-0.2, 0) is 0 Å². The van der Waals surface area contributed by atoms with Gasteiger partial charge in [-0.15, -0.1) is 0 Å². The molecule has 1 N–H and O–H groups in total. The molecule has 2 rings (SSSR count). The second kappa shape index (κ2) is 5.70. The van der Waals surface area contributed by atoms with Gasteiger partial charge < -0.3 is 10.0 Å². The van der Waals surface area contributed by atoms with Crippen LogP contribution in [0, 0.1) is 11.8 Å². The Morgan fingerprint density at radius 2 is 2.17 bits per heavy atom. The van der Waals surface area contributed by atoms with E-state index in [-0.39, 0.29) is 6.10 Å². The standard InChI is InChI=1S/C15H24N2O/c1-4-11-5-6-12(9-11)15(18)13-7-8-14(16-10-13)17(2)3/h7-8,10-12,15,18H,4-6,9H2,1-3H3. The van der Waals surface area contributed by atoms with Gasteiger partial charge >= 0.3 is 0 Å². The van der Waals surface area contributed by atoms with E-state index in [2.05, 4.69) is 11.9 Å². The minimum Gasteiger partial charge on any atom is -0.388 e. The largest absolute Gasteiger partial charge is 0.388 e. The maximum atomic E-state index is 10.4. The van der Waals surface area contributed by atoms with E-state index >= 15 is 0 Å². The van der Waals surface area contributed by atoms with Crippen molar-refractivity contribution in [2.75, 3.05) is 19.0 Å². The monoisotopic (exact) mass is 248 g/mol. The predicted octanol–water partition coefficient (Wildman–Crippen LogP) is 3.01. The van der Waals surface area contributed by atoms with Crippen molar-refractivity contribution >= 4 is 5.82 Å². The number of aliphatic hydroxyl groups is 1. The average Bonchev–Trinajstić information content (AvgIpc) is 2.86. The third-order valence-corrected chi connectivity index (χ3v) is 4.18. The highest BCUT2D eigenvalue weighted by molar-refractivity contribution is 5.37.